The van der Waals surface area contributed by atoms with E-state index in [0.717, 1.165) is 43.4 Å². The zero-order valence-corrected chi connectivity index (χ0v) is 15.8. The highest BCUT2D eigenvalue weighted by Gasteiger charge is 2.33. The third kappa shape index (κ3) is 3.28. The molecule has 1 amide bonds. The van der Waals surface area contributed by atoms with Gasteiger partial charge in [-0.15, -0.1) is 0 Å². The Hall–Kier alpha value is -1.44. The fourth-order valence-corrected chi connectivity index (χ4v) is 5.73. The van der Waals surface area contributed by atoms with Crippen molar-refractivity contribution in [2.24, 2.45) is 5.92 Å². The van der Waals surface area contributed by atoms with Crippen molar-refractivity contribution in [1.82, 2.24) is 4.31 Å². The fraction of sp³-hybridized carbons (Fsp3) is 0.632. The highest BCUT2D eigenvalue weighted by Crippen LogP contribution is 2.34. The molecule has 1 saturated heterocycles. The van der Waals surface area contributed by atoms with Gasteiger partial charge in [-0.25, -0.2) is 8.42 Å². The number of amides is 1. The van der Waals surface area contributed by atoms with E-state index in [1.165, 1.54) is 10.7 Å². The van der Waals surface area contributed by atoms with Crippen molar-refractivity contribution in [3.8, 4) is 0 Å². The maximum atomic E-state index is 12.9. The second-order valence-corrected chi connectivity index (χ2v) is 9.32. The molecule has 26 heavy (non-hydrogen) atoms. The zero-order chi connectivity index (χ0) is 18.1. The zero-order valence-electron chi connectivity index (χ0n) is 15.0. The molecular formula is C19H26N2O4S. The molecule has 0 unspecified atom stereocenters. The molecule has 1 aromatic rings. The van der Waals surface area contributed by atoms with Gasteiger partial charge in [0.25, 0.3) is 0 Å². The summed E-state index contributed by atoms with van der Waals surface area (Å²) in [5, 5.41) is 0. The summed E-state index contributed by atoms with van der Waals surface area (Å²) in [6.45, 7) is 2.32. The number of hydrogen-bond acceptors (Lipinski definition) is 4. The van der Waals surface area contributed by atoms with E-state index in [0.29, 0.717) is 37.7 Å². The number of nitrogens with zero attached hydrogens (tertiary/aromatic N) is 2. The number of ether oxygens (including phenoxy) is 1. The normalized spacial score (nSPS) is 22.4. The molecule has 0 spiro atoms. The van der Waals surface area contributed by atoms with Crippen LogP contribution in [0.15, 0.2) is 23.1 Å². The Kier molecular flexibility index (Phi) is 5.03. The van der Waals surface area contributed by atoms with Gasteiger partial charge in [0.2, 0.25) is 15.9 Å². The van der Waals surface area contributed by atoms with E-state index >= 15 is 0 Å². The molecule has 3 aliphatic rings. The fourth-order valence-electron chi connectivity index (χ4n) is 4.27. The lowest BCUT2D eigenvalue weighted by Gasteiger charge is -2.27. The minimum atomic E-state index is -3.49. The Labute approximate surface area is 155 Å². The quantitative estimate of drug-likeness (QED) is 0.809. The van der Waals surface area contributed by atoms with Gasteiger partial charge in [-0.3, -0.25) is 4.79 Å². The van der Waals surface area contributed by atoms with E-state index in [1.807, 2.05) is 11.0 Å². The molecule has 6 nitrogen and oxygen atoms in total. The number of rotatable bonds is 3. The Morgan fingerprint density at radius 2 is 1.77 bits per heavy atom. The number of morpholine rings is 1. The van der Waals surface area contributed by atoms with Crippen LogP contribution in [-0.4, -0.2) is 51.5 Å². The first-order chi connectivity index (χ1) is 12.6. The smallest absolute Gasteiger partial charge is 0.243 e. The van der Waals surface area contributed by atoms with E-state index in [4.69, 9.17) is 4.74 Å². The number of anilines is 1. The van der Waals surface area contributed by atoms with Crippen molar-refractivity contribution >= 4 is 21.6 Å². The van der Waals surface area contributed by atoms with Crippen LogP contribution in [0.4, 0.5) is 5.69 Å². The lowest BCUT2D eigenvalue weighted by Crippen LogP contribution is -2.40. The highest BCUT2D eigenvalue weighted by atomic mass is 32.2. The van der Waals surface area contributed by atoms with E-state index in [2.05, 4.69) is 0 Å². The summed E-state index contributed by atoms with van der Waals surface area (Å²) in [6, 6.07) is 5.22. The molecule has 2 fully saturated rings. The SMILES string of the molecule is O=C(C1CCCCC1)N1CCc2cc(S(=O)(=O)N3CCOCC3)ccc21. The van der Waals surface area contributed by atoms with Gasteiger partial charge < -0.3 is 9.64 Å². The average Bonchev–Trinajstić information content (AvgIpc) is 3.12. The Bertz CT molecular complexity index is 781. The lowest BCUT2D eigenvalue weighted by molar-refractivity contribution is -0.123. The van der Waals surface area contributed by atoms with Crippen LogP contribution in [0.2, 0.25) is 0 Å². The van der Waals surface area contributed by atoms with Gasteiger partial charge in [-0.1, -0.05) is 19.3 Å². The van der Waals surface area contributed by atoms with Gasteiger partial charge in [0, 0.05) is 31.2 Å². The molecule has 1 aliphatic carbocycles. The average molecular weight is 378 g/mol. The molecule has 4 rings (SSSR count). The summed E-state index contributed by atoms with van der Waals surface area (Å²) in [5.41, 5.74) is 1.85. The van der Waals surface area contributed by atoms with Crippen LogP contribution in [-0.2, 0) is 26.0 Å². The van der Waals surface area contributed by atoms with Crippen LogP contribution in [0.25, 0.3) is 0 Å². The first-order valence-electron chi connectivity index (χ1n) is 9.59. The minimum Gasteiger partial charge on any atom is -0.379 e. The molecule has 1 aromatic carbocycles. The van der Waals surface area contributed by atoms with E-state index in [9.17, 15) is 13.2 Å². The van der Waals surface area contributed by atoms with Crippen molar-refractivity contribution in [1.29, 1.82) is 0 Å². The maximum absolute atomic E-state index is 12.9. The van der Waals surface area contributed by atoms with Crippen molar-refractivity contribution in [3.63, 3.8) is 0 Å². The summed E-state index contributed by atoms with van der Waals surface area (Å²) in [6.07, 6.45) is 6.17. The third-order valence-corrected chi connectivity index (χ3v) is 7.67. The van der Waals surface area contributed by atoms with E-state index < -0.39 is 10.0 Å². The van der Waals surface area contributed by atoms with Gasteiger partial charge in [0.1, 0.15) is 0 Å². The van der Waals surface area contributed by atoms with Crippen LogP contribution < -0.4 is 4.90 Å². The Balaban J connectivity index is 1.55. The van der Waals surface area contributed by atoms with Crippen molar-refractivity contribution in [2.75, 3.05) is 37.7 Å². The van der Waals surface area contributed by atoms with Crippen LogP contribution in [0, 0.1) is 5.92 Å². The topological polar surface area (TPSA) is 66.9 Å². The molecule has 0 aromatic heterocycles. The summed E-state index contributed by atoms with van der Waals surface area (Å²) < 4.78 is 32.4. The molecule has 0 N–H and O–H groups in total. The number of hydrogen-bond donors (Lipinski definition) is 0. The summed E-state index contributed by atoms with van der Waals surface area (Å²) in [7, 11) is -3.49. The molecule has 0 bridgehead atoms. The number of carbonyl (C=O) groups is 1. The van der Waals surface area contributed by atoms with Crippen LogP contribution in [0.1, 0.15) is 37.7 Å². The first kappa shape index (κ1) is 17.9. The van der Waals surface area contributed by atoms with Crippen molar-refractivity contribution < 1.29 is 17.9 Å². The molecular weight excluding hydrogens is 352 g/mol. The largest absolute Gasteiger partial charge is 0.379 e. The maximum Gasteiger partial charge on any atom is 0.243 e. The molecule has 0 radical (unpaired) electrons. The second kappa shape index (κ2) is 7.29. The van der Waals surface area contributed by atoms with E-state index in [-0.39, 0.29) is 11.8 Å². The third-order valence-electron chi connectivity index (χ3n) is 5.77. The summed E-state index contributed by atoms with van der Waals surface area (Å²) in [4.78, 5) is 15.1. The molecule has 142 valence electrons. The Morgan fingerprint density at radius 3 is 2.50 bits per heavy atom. The monoisotopic (exact) mass is 378 g/mol. The summed E-state index contributed by atoms with van der Waals surface area (Å²) in [5.74, 6) is 0.346. The van der Waals surface area contributed by atoms with Gasteiger partial charge >= 0.3 is 0 Å². The van der Waals surface area contributed by atoms with Crippen molar-refractivity contribution in [2.45, 2.75) is 43.4 Å². The van der Waals surface area contributed by atoms with Gasteiger partial charge in [0.05, 0.1) is 18.1 Å². The molecule has 1 saturated carbocycles. The number of carbonyl (C=O) groups excluding carboxylic acids is 1. The van der Waals surface area contributed by atoms with E-state index in [1.54, 1.807) is 12.1 Å². The van der Waals surface area contributed by atoms with Gasteiger partial charge in [0.15, 0.2) is 0 Å². The lowest BCUT2D eigenvalue weighted by atomic mass is 9.88. The van der Waals surface area contributed by atoms with Crippen molar-refractivity contribution in [3.05, 3.63) is 23.8 Å². The number of fused-ring (bicyclic) bond motifs is 1. The first-order valence-corrected chi connectivity index (χ1v) is 11.0. The second-order valence-electron chi connectivity index (χ2n) is 7.38. The highest BCUT2D eigenvalue weighted by molar-refractivity contribution is 7.89. The Morgan fingerprint density at radius 1 is 1.04 bits per heavy atom. The predicted molar refractivity (Wildman–Crippen MR) is 98.7 cm³/mol. The molecule has 2 aliphatic heterocycles. The molecule has 7 heteroatoms. The minimum absolute atomic E-state index is 0.131. The van der Waals surface area contributed by atoms with Gasteiger partial charge in [-0.05, 0) is 43.0 Å². The summed E-state index contributed by atoms with van der Waals surface area (Å²) >= 11 is 0. The van der Waals surface area contributed by atoms with Crippen LogP contribution >= 0.6 is 0 Å². The molecule has 2 heterocycles. The number of sulfonamides is 1. The van der Waals surface area contributed by atoms with Crippen LogP contribution in [0.5, 0.6) is 0 Å². The standard InChI is InChI=1S/C19H26N2O4S/c22-19(15-4-2-1-3-5-15)21-9-8-16-14-17(6-7-18(16)21)26(23,24)20-10-12-25-13-11-20/h6-7,14-15H,1-5,8-13H2. The predicted octanol–water partition coefficient (Wildman–Crippen LogP) is 2.18. The molecule has 0 atom stereocenters. The van der Waals surface area contributed by atoms with Gasteiger partial charge in [-0.2, -0.15) is 4.31 Å². The van der Waals surface area contributed by atoms with Crippen LogP contribution in [0.3, 0.4) is 0 Å². The number of benzene rings is 1.